The van der Waals surface area contributed by atoms with Crippen LogP contribution in [0.5, 0.6) is 0 Å². The van der Waals surface area contributed by atoms with Crippen molar-refractivity contribution in [2.24, 2.45) is 0 Å². The number of rotatable bonds is 13. The molecule has 1 aliphatic heterocycles. The fourth-order valence-corrected chi connectivity index (χ4v) is 3.53. The van der Waals surface area contributed by atoms with Gasteiger partial charge >= 0.3 is 0 Å². The minimum absolute atomic E-state index is 0.0133. The van der Waals surface area contributed by atoms with Crippen LogP contribution in [0.2, 0.25) is 0 Å². The normalized spacial score (nSPS) is 25.7. The Labute approximate surface area is 188 Å². The summed E-state index contributed by atoms with van der Waals surface area (Å²) in [4.78, 5) is 0. The van der Waals surface area contributed by atoms with Crippen molar-refractivity contribution in [1.29, 1.82) is 0 Å². The SMILES string of the molecule is COCOC[C@H]1O[C@H](O)[C@H](OCc2ccccc2)[C@@H](OCOC)[C@@H]1OCc1ccccc1. The standard InChI is InChI=1S/C24H32O8/c1-26-16-28-15-20-21(29-13-18-9-5-3-6-10-18)22(31-17-27-2)23(24(25)32-20)30-14-19-11-7-4-8-12-19/h3-12,20-25H,13-17H2,1-2H3/t20-,21-,22+,23-,24+/m1/s1. The number of benzene rings is 2. The van der Waals surface area contributed by atoms with Crippen LogP contribution in [0.25, 0.3) is 0 Å². The molecule has 0 aromatic heterocycles. The van der Waals surface area contributed by atoms with Crippen molar-refractivity contribution in [3.8, 4) is 0 Å². The molecule has 2 aromatic rings. The van der Waals surface area contributed by atoms with E-state index in [2.05, 4.69) is 0 Å². The van der Waals surface area contributed by atoms with Crippen LogP contribution in [0, 0.1) is 0 Å². The highest BCUT2D eigenvalue weighted by molar-refractivity contribution is 5.14. The van der Waals surface area contributed by atoms with Crippen molar-refractivity contribution in [2.45, 2.75) is 43.9 Å². The van der Waals surface area contributed by atoms with E-state index in [0.717, 1.165) is 11.1 Å². The molecule has 8 nitrogen and oxygen atoms in total. The predicted molar refractivity (Wildman–Crippen MR) is 115 cm³/mol. The summed E-state index contributed by atoms with van der Waals surface area (Å²) in [6.07, 6.45) is -3.84. The molecule has 176 valence electrons. The third-order valence-electron chi connectivity index (χ3n) is 5.04. The van der Waals surface area contributed by atoms with Gasteiger partial charge in [-0.25, -0.2) is 0 Å². The summed E-state index contributed by atoms with van der Waals surface area (Å²) < 4.78 is 39.7. The molecule has 8 heteroatoms. The molecular formula is C24H32O8. The molecule has 1 N–H and O–H groups in total. The van der Waals surface area contributed by atoms with E-state index in [4.69, 9.17) is 33.2 Å². The summed E-state index contributed by atoms with van der Waals surface area (Å²) >= 11 is 0. The van der Waals surface area contributed by atoms with E-state index in [0.29, 0.717) is 6.61 Å². The second-order valence-electron chi connectivity index (χ2n) is 7.40. The second-order valence-corrected chi connectivity index (χ2v) is 7.40. The average molecular weight is 449 g/mol. The van der Waals surface area contributed by atoms with E-state index in [-0.39, 0.29) is 26.8 Å². The Hall–Kier alpha value is -1.88. The zero-order valence-corrected chi connectivity index (χ0v) is 18.5. The lowest BCUT2D eigenvalue weighted by atomic mass is 9.98. The van der Waals surface area contributed by atoms with Gasteiger partial charge < -0.3 is 38.3 Å². The van der Waals surface area contributed by atoms with Crippen LogP contribution in [-0.4, -0.2) is 70.2 Å². The Morgan fingerprint density at radius 3 is 1.84 bits per heavy atom. The van der Waals surface area contributed by atoms with Crippen molar-refractivity contribution in [3.05, 3.63) is 71.8 Å². The van der Waals surface area contributed by atoms with Gasteiger partial charge in [0.2, 0.25) is 0 Å². The molecule has 0 aliphatic carbocycles. The van der Waals surface area contributed by atoms with Gasteiger partial charge in [-0.05, 0) is 11.1 Å². The molecule has 0 saturated carbocycles. The number of hydrogen-bond donors (Lipinski definition) is 1. The molecule has 1 aliphatic rings. The van der Waals surface area contributed by atoms with Gasteiger partial charge in [0, 0.05) is 14.2 Å². The van der Waals surface area contributed by atoms with E-state index in [1.54, 1.807) is 0 Å². The summed E-state index contributed by atoms with van der Waals surface area (Å²) in [5.74, 6) is 0. The average Bonchev–Trinajstić information content (AvgIpc) is 2.83. The molecule has 1 saturated heterocycles. The number of aliphatic hydroxyl groups excluding tert-OH is 1. The summed E-state index contributed by atoms with van der Waals surface area (Å²) in [5.41, 5.74) is 1.97. The van der Waals surface area contributed by atoms with Crippen LogP contribution >= 0.6 is 0 Å². The molecule has 2 aromatic carbocycles. The van der Waals surface area contributed by atoms with Crippen LogP contribution in [0.15, 0.2) is 60.7 Å². The highest BCUT2D eigenvalue weighted by atomic mass is 16.7. The molecule has 3 rings (SSSR count). The smallest absolute Gasteiger partial charge is 0.184 e. The topological polar surface area (TPSA) is 84.8 Å². The van der Waals surface area contributed by atoms with Crippen molar-refractivity contribution < 1.29 is 38.3 Å². The van der Waals surface area contributed by atoms with E-state index in [1.165, 1.54) is 14.2 Å². The Morgan fingerprint density at radius 1 is 0.719 bits per heavy atom. The molecule has 0 amide bonds. The van der Waals surface area contributed by atoms with Crippen LogP contribution < -0.4 is 0 Å². The fraction of sp³-hybridized carbons (Fsp3) is 0.500. The molecule has 0 spiro atoms. The maximum Gasteiger partial charge on any atom is 0.184 e. The highest BCUT2D eigenvalue weighted by Crippen LogP contribution is 2.29. The monoisotopic (exact) mass is 448 g/mol. The molecule has 32 heavy (non-hydrogen) atoms. The van der Waals surface area contributed by atoms with E-state index < -0.39 is 30.7 Å². The summed E-state index contributed by atoms with van der Waals surface area (Å²) in [6.45, 7) is 0.889. The van der Waals surface area contributed by atoms with Gasteiger partial charge in [0.15, 0.2) is 6.29 Å². The quantitative estimate of drug-likeness (QED) is 0.370. The lowest BCUT2D eigenvalue weighted by molar-refractivity contribution is -0.324. The van der Waals surface area contributed by atoms with Gasteiger partial charge in [0.05, 0.1) is 19.8 Å². The third-order valence-corrected chi connectivity index (χ3v) is 5.04. The first kappa shape index (κ1) is 24.8. The first-order valence-electron chi connectivity index (χ1n) is 10.5. The Bertz CT molecular complexity index is 744. The zero-order chi connectivity index (χ0) is 22.6. The van der Waals surface area contributed by atoms with Gasteiger partial charge in [0.1, 0.15) is 38.0 Å². The lowest BCUT2D eigenvalue weighted by Crippen LogP contribution is -2.61. The maximum atomic E-state index is 10.7. The van der Waals surface area contributed by atoms with Crippen LogP contribution in [0.3, 0.4) is 0 Å². The van der Waals surface area contributed by atoms with Crippen LogP contribution in [0.4, 0.5) is 0 Å². The lowest BCUT2D eigenvalue weighted by Gasteiger charge is -2.44. The number of aliphatic hydroxyl groups is 1. The zero-order valence-electron chi connectivity index (χ0n) is 18.5. The van der Waals surface area contributed by atoms with Crippen LogP contribution in [-0.2, 0) is 46.4 Å². The van der Waals surface area contributed by atoms with Gasteiger partial charge in [-0.1, -0.05) is 60.7 Å². The third kappa shape index (κ3) is 7.33. The van der Waals surface area contributed by atoms with Gasteiger partial charge in [-0.3, -0.25) is 0 Å². The minimum Gasteiger partial charge on any atom is -0.368 e. The molecule has 0 unspecified atom stereocenters. The van der Waals surface area contributed by atoms with E-state index in [9.17, 15) is 5.11 Å². The fourth-order valence-electron chi connectivity index (χ4n) is 3.53. The molecule has 5 atom stereocenters. The highest BCUT2D eigenvalue weighted by Gasteiger charge is 2.48. The largest absolute Gasteiger partial charge is 0.368 e. The first-order chi connectivity index (χ1) is 15.7. The molecule has 0 radical (unpaired) electrons. The predicted octanol–water partition coefficient (Wildman–Crippen LogP) is 2.48. The first-order valence-corrected chi connectivity index (χ1v) is 10.5. The van der Waals surface area contributed by atoms with E-state index >= 15 is 0 Å². The Balaban J connectivity index is 1.76. The number of methoxy groups -OCH3 is 2. The summed E-state index contributed by atoms with van der Waals surface area (Å²) in [5, 5.41) is 10.7. The second kappa shape index (κ2) is 13.6. The van der Waals surface area contributed by atoms with Gasteiger partial charge in [0.25, 0.3) is 0 Å². The van der Waals surface area contributed by atoms with Crippen LogP contribution in [0.1, 0.15) is 11.1 Å². The molecular weight excluding hydrogens is 416 g/mol. The van der Waals surface area contributed by atoms with Gasteiger partial charge in [-0.2, -0.15) is 0 Å². The minimum atomic E-state index is -1.23. The molecule has 0 bridgehead atoms. The molecule has 1 heterocycles. The Kier molecular flexibility index (Phi) is 10.5. The maximum absolute atomic E-state index is 10.7. The van der Waals surface area contributed by atoms with Crippen molar-refractivity contribution in [3.63, 3.8) is 0 Å². The number of ether oxygens (including phenoxy) is 7. The summed E-state index contributed by atoms with van der Waals surface area (Å²) in [6, 6.07) is 19.5. The van der Waals surface area contributed by atoms with E-state index in [1.807, 2.05) is 60.7 Å². The van der Waals surface area contributed by atoms with Gasteiger partial charge in [-0.15, -0.1) is 0 Å². The van der Waals surface area contributed by atoms with Crippen molar-refractivity contribution in [1.82, 2.24) is 0 Å². The van der Waals surface area contributed by atoms with Crippen molar-refractivity contribution in [2.75, 3.05) is 34.4 Å². The Morgan fingerprint density at radius 2 is 1.28 bits per heavy atom. The number of hydrogen-bond acceptors (Lipinski definition) is 8. The molecule has 1 fully saturated rings. The van der Waals surface area contributed by atoms with Crippen molar-refractivity contribution >= 4 is 0 Å². The summed E-state index contributed by atoms with van der Waals surface area (Å²) in [7, 11) is 3.08.